The number of Topliss-reactive ketones (excluding diaryl/α,β-unsaturated/α-hetero) is 1. The van der Waals surface area contributed by atoms with Crippen LogP contribution in [0.15, 0.2) is 48.5 Å². The molecule has 0 N–H and O–H groups in total. The van der Waals surface area contributed by atoms with Crippen molar-refractivity contribution >= 4 is 5.78 Å². The quantitative estimate of drug-likeness (QED) is 0.771. The number of rotatable bonds is 5. The van der Waals surface area contributed by atoms with Gasteiger partial charge in [0, 0.05) is 12.0 Å². The van der Waals surface area contributed by atoms with Gasteiger partial charge in [-0.1, -0.05) is 12.1 Å². The fourth-order valence-corrected chi connectivity index (χ4v) is 1.85. The first kappa shape index (κ1) is 13.1. The SMILES string of the molecule is COc1ccc(C(=O)Cc2cccc(OC)c2)cc1. The van der Waals surface area contributed by atoms with Gasteiger partial charge in [-0.3, -0.25) is 4.79 Å². The van der Waals surface area contributed by atoms with Crippen LogP contribution in [-0.4, -0.2) is 20.0 Å². The van der Waals surface area contributed by atoms with Crippen molar-refractivity contribution in [2.24, 2.45) is 0 Å². The van der Waals surface area contributed by atoms with Gasteiger partial charge in [0.15, 0.2) is 5.78 Å². The van der Waals surface area contributed by atoms with Gasteiger partial charge in [0.25, 0.3) is 0 Å². The number of methoxy groups -OCH3 is 2. The normalized spacial score (nSPS) is 10.0. The van der Waals surface area contributed by atoms with E-state index in [1.807, 2.05) is 24.3 Å². The molecule has 0 aliphatic rings. The summed E-state index contributed by atoms with van der Waals surface area (Å²) < 4.78 is 10.2. The summed E-state index contributed by atoms with van der Waals surface area (Å²) in [5.74, 6) is 1.59. The lowest BCUT2D eigenvalue weighted by atomic mass is 10.0. The Morgan fingerprint density at radius 2 is 1.63 bits per heavy atom. The van der Waals surface area contributed by atoms with E-state index in [2.05, 4.69) is 0 Å². The van der Waals surface area contributed by atoms with Gasteiger partial charge in [0.1, 0.15) is 11.5 Å². The Hall–Kier alpha value is -2.29. The predicted octanol–water partition coefficient (Wildman–Crippen LogP) is 3.13. The van der Waals surface area contributed by atoms with Crippen molar-refractivity contribution in [1.29, 1.82) is 0 Å². The van der Waals surface area contributed by atoms with Crippen molar-refractivity contribution in [3.63, 3.8) is 0 Å². The van der Waals surface area contributed by atoms with Crippen LogP contribution in [0.4, 0.5) is 0 Å². The van der Waals surface area contributed by atoms with Gasteiger partial charge in [0.05, 0.1) is 14.2 Å². The lowest BCUT2D eigenvalue weighted by molar-refractivity contribution is 0.0993. The molecule has 0 bridgehead atoms. The smallest absolute Gasteiger partial charge is 0.167 e. The molecule has 3 heteroatoms. The highest BCUT2D eigenvalue weighted by Gasteiger charge is 2.07. The molecule has 0 heterocycles. The summed E-state index contributed by atoms with van der Waals surface area (Å²) in [5.41, 5.74) is 1.63. The molecule has 0 radical (unpaired) electrons. The molecule has 98 valence electrons. The highest BCUT2D eigenvalue weighted by atomic mass is 16.5. The third kappa shape index (κ3) is 3.35. The van der Waals surface area contributed by atoms with E-state index in [1.165, 1.54) is 0 Å². The van der Waals surface area contributed by atoms with Crippen LogP contribution in [0.1, 0.15) is 15.9 Å². The summed E-state index contributed by atoms with van der Waals surface area (Å²) in [6.45, 7) is 0. The topological polar surface area (TPSA) is 35.5 Å². The largest absolute Gasteiger partial charge is 0.497 e. The molecule has 0 aromatic heterocycles. The first-order valence-corrected chi connectivity index (χ1v) is 6.03. The minimum atomic E-state index is 0.0795. The first-order chi connectivity index (χ1) is 9.22. The predicted molar refractivity (Wildman–Crippen MR) is 74.0 cm³/mol. The summed E-state index contributed by atoms with van der Waals surface area (Å²) >= 11 is 0. The van der Waals surface area contributed by atoms with Crippen LogP contribution in [0.3, 0.4) is 0 Å². The average Bonchev–Trinajstić information content (AvgIpc) is 2.47. The van der Waals surface area contributed by atoms with E-state index in [9.17, 15) is 4.79 Å². The molecular weight excluding hydrogens is 240 g/mol. The molecule has 0 amide bonds. The molecule has 0 aliphatic heterocycles. The molecule has 0 saturated carbocycles. The van der Waals surface area contributed by atoms with Crippen molar-refractivity contribution in [1.82, 2.24) is 0 Å². The monoisotopic (exact) mass is 256 g/mol. The van der Waals surface area contributed by atoms with Crippen molar-refractivity contribution in [2.45, 2.75) is 6.42 Å². The minimum absolute atomic E-state index is 0.0795. The highest BCUT2D eigenvalue weighted by Crippen LogP contribution is 2.16. The number of carbonyl (C=O) groups is 1. The van der Waals surface area contributed by atoms with Gasteiger partial charge in [0.2, 0.25) is 0 Å². The van der Waals surface area contributed by atoms with Crippen LogP contribution in [0.5, 0.6) is 11.5 Å². The summed E-state index contributed by atoms with van der Waals surface area (Å²) in [6.07, 6.45) is 0.365. The average molecular weight is 256 g/mol. The van der Waals surface area contributed by atoms with Crippen LogP contribution < -0.4 is 9.47 Å². The second-order valence-corrected chi connectivity index (χ2v) is 4.18. The first-order valence-electron chi connectivity index (χ1n) is 6.03. The standard InChI is InChI=1S/C16H16O3/c1-18-14-8-6-13(7-9-14)16(17)11-12-4-3-5-15(10-12)19-2/h3-10H,11H2,1-2H3. The molecule has 0 atom stereocenters. The fraction of sp³-hybridized carbons (Fsp3) is 0.188. The zero-order chi connectivity index (χ0) is 13.7. The molecule has 0 saturated heterocycles. The molecule has 2 aromatic rings. The molecule has 2 aromatic carbocycles. The molecule has 0 unspecified atom stereocenters. The van der Waals surface area contributed by atoms with Gasteiger partial charge < -0.3 is 9.47 Å². The summed E-state index contributed by atoms with van der Waals surface area (Å²) in [4.78, 5) is 12.1. The van der Waals surface area contributed by atoms with E-state index < -0.39 is 0 Å². The lowest BCUT2D eigenvalue weighted by Crippen LogP contribution is -2.03. The van der Waals surface area contributed by atoms with Crippen molar-refractivity contribution in [3.8, 4) is 11.5 Å². The van der Waals surface area contributed by atoms with Crippen molar-refractivity contribution < 1.29 is 14.3 Å². The van der Waals surface area contributed by atoms with Crippen LogP contribution in [0, 0.1) is 0 Å². The Labute approximate surface area is 112 Å². The van der Waals surface area contributed by atoms with Gasteiger partial charge in [-0.05, 0) is 42.0 Å². The third-order valence-corrected chi connectivity index (χ3v) is 2.91. The molecule has 0 aliphatic carbocycles. The summed E-state index contributed by atoms with van der Waals surface area (Å²) in [5, 5.41) is 0. The minimum Gasteiger partial charge on any atom is -0.497 e. The Morgan fingerprint density at radius 1 is 0.947 bits per heavy atom. The lowest BCUT2D eigenvalue weighted by Gasteiger charge is -2.05. The van der Waals surface area contributed by atoms with E-state index in [0.29, 0.717) is 12.0 Å². The maximum atomic E-state index is 12.1. The number of hydrogen-bond acceptors (Lipinski definition) is 3. The fourth-order valence-electron chi connectivity index (χ4n) is 1.85. The van der Waals surface area contributed by atoms with Crippen molar-refractivity contribution in [2.75, 3.05) is 14.2 Å². The zero-order valence-electron chi connectivity index (χ0n) is 11.1. The second kappa shape index (κ2) is 6.05. The molecule has 19 heavy (non-hydrogen) atoms. The molecular formula is C16H16O3. The van der Waals surface area contributed by atoms with E-state index >= 15 is 0 Å². The number of hydrogen-bond donors (Lipinski definition) is 0. The Balaban J connectivity index is 2.11. The van der Waals surface area contributed by atoms with E-state index in [4.69, 9.17) is 9.47 Å². The van der Waals surface area contributed by atoms with E-state index in [-0.39, 0.29) is 5.78 Å². The molecule has 3 nitrogen and oxygen atoms in total. The van der Waals surface area contributed by atoms with Gasteiger partial charge in [-0.2, -0.15) is 0 Å². The summed E-state index contributed by atoms with van der Waals surface area (Å²) in [6, 6.07) is 14.7. The van der Waals surface area contributed by atoms with Crippen LogP contribution in [0.2, 0.25) is 0 Å². The third-order valence-electron chi connectivity index (χ3n) is 2.91. The Kier molecular flexibility index (Phi) is 4.18. The van der Waals surface area contributed by atoms with Crippen LogP contribution >= 0.6 is 0 Å². The van der Waals surface area contributed by atoms with Gasteiger partial charge >= 0.3 is 0 Å². The maximum Gasteiger partial charge on any atom is 0.167 e. The highest BCUT2D eigenvalue weighted by molar-refractivity contribution is 5.97. The van der Waals surface area contributed by atoms with Crippen LogP contribution in [-0.2, 0) is 6.42 Å². The number of ether oxygens (including phenoxy) is 2. The van der Waals surface area contributed by atoms with Crippen molar-refractivity contribution in [3.05, 3.63) is 59.7 Å². The van der Waals surface area contributed by atoms with Gasteiger partial charge in [-0.15, -0.1) is 0 Å². The van der Waals surface area contributed by atoms with E-state index in [1.54, 1.807) is 38.5 Å². The molecule has 2 rings (SSSR count). The summed E-state index contributed by atoms with van der Waals surface area (Å²) in [7, 11) is 3.22. The van der Waals surface area contributed by atoms with Crippen LogP contribution in [0.25, 0.3) is 0 Å². The zero-order valence-corrected chi connectivity index (χ0v) is 11.1. The Morgan fingerprint density at radius 3 is 2.26 bits per heavy atom. The van der Waals surface area contributed by atoms with E-state index in [0.717, 1.165) is 17.1 Å². The number of benzene rings is 2. The second-order valence-electron chi connectivity index (χ2n) is 4.18. The van der Waals surface area contributed by atoms with Gasteiger partial charge in [-0.25, -0.2) is 0 Å². The Bertz CT molecular complexity index is 558. The number of ketones is 1. The molecule has 0 fully saturated rings. The maximum absolute atomic E-state index is 12.1. The number of carbonyl (C=O) groups excluding carboxylic acids is 1. The molecule has 0 spiro atoms.